The van der Waals surface area contributed by atoms with E-state index in [1.807, 2.05) is 0 Å². The van der Waals surface area contributed by atoms with Gasteiger partial charge in [0.25, 0.3) is 0 Å². The number of hydrogen-bond acceptors (Lipinski definition) is 3. The molecule has 24 heavy (non-hydrogen) atoms. The van der Waals surface area contributed by atoms with Crippen LogP contribution in [0.4, 0.5) is 0 Å². The second-order valence-electron chi connectivity index (χ2n) is 6.55. The van der Waals surface area contributed by atoms with Gasteiger partial charge in [0.2, 0.25) is 0 Å². The van der Waals surface area contributed by atoms with Gasteiger partial charge in [-0.25, -0.2) is 4.98 Å². The van der Waals surface area contributed by atoms with Crippen LogP contribution in [0.3, 0.4) is 0 Å². The van der Waals surface area contributed by atoms with E-state index in [0.717, 1.165) is 12.4 Å². The zero-order valence-corrected chi connectivity index (χ0v) is 14.1. The minimum absolute atomic E-state index is 0.291. The highest BCUT2D eigenvalue weighted by Crippen LogP contribution is 2.49. The molecule has 4 rings (SSSR count). The summed E-state index contributed by atoms with van der Waals surface area (Å²) < 4.78 is 0. The largest absolute Gasteiger partial charge is 0.306 e. The van der Waals surface area contributed by atoms with Crippen molar-refractivity contribution in [3.63, 3.8) is 0 Å². The quantitative estimate of drug-likeness (QED) is 0.855. The van der Waals surface area contributed by atoms with Crippen molar-refractivity contribution in [1.82, 2.24) is 20.5 Å². The van der Waals surface area contributed by atoms with Crippen LogP contribution in [0.15, 0.2) is 60.0 Å². The van der Waals surface area contributed by atoms with Gasteiger partial charge in [-0.2, -0.15) is 5.10 Å². The number of aromatic amines is 1. The Morgan fingerprint density at radius 1 is 1.21 bits per heavy atom. The van der Waals surface area contributed by atoms with Crippen LogP contribution < -0.4 is 5.32 Å². The molecule has 1 heterocycles. The Morgan fingerprint density at radius 3 is 2.75 bits per heavy atom. The number of aromatic nitrogens is 3. The molecule has 2 aliphatic rings. The first-order valence-corrected chi connectivity index (χ1v) is 8.61. The van der Waals surface area contributed by atoms with Crippen LogP contribution in [0.5, 0.6) is 0 Å². The number of fused-ring (bicyclic) bond motifs is 2. The molecule has 2 unspecified atom stereocenters. The summed E-state index contributed by atoms with van der Waals surface area (Å²) in [5.74, 6) is 1.53. The first-order chi connectivity index (χ1) is 11.8. The van der Waals surface area contributed by atoms with Gasteiger partial charge in [0.1, 0.15) is 6.33 Å². The topological polar surface area (TPSA) is 53.6 Å². The first-order valence-electron chi connectivity index (χ1n) is 8.61. The van der Waals surface area contributed by atoms with Crippen molar-refractivity contribution in [3.05, 3.63) is 71.3 Å². The average molecular weight is 318 g/mol. The molecule has 0 radical (unpaired) electrons. The molecule has 2 aromatic rings. The van der Waals surface area contributed by atoms with Crippen LogP contribution in [0.1, 0.15) is 31.7 Å². The number of nitrogens with one attached hydrogen (secondary N) is 2. The Balaban J connectivity index is 1.71. The Kier molecular flexibility index (Phi) is 3.90. The highest BCUT2D eigenvalue weighted by atomic mass is 15.2. The van der Waals surface area contributed by atoms with Crippen molar-refractivity contribution in [3.8, 4) is 0 Å². The van der Waals surface area contributed by atoms with Gasteiger partial charge < -0.3 is 5.32 Å². The predicted octanol–water partition coefficient (Wildman–Crippen LogP) is 3.60. The van der Waals surface area contributed by atoms with E-state index >= 15 is 0 Å². The Labute approximate surface area is 142 Å². The molecular weight excluding hydrogens is 296 g/mol. The lowest BCUT2D eigenvalue weighted by atomic mass is 9.68. The molecule has 0 aliphatic heterocycles. The van der Waals surface area contributed by atoms with Crippen LogP contribution >= 0.6 is 0 Å². The second kappa shape index (κ2) is 6.21. The number of benzene rings is 1. The summed E-state index contributed by atoms with van der Waals surface area (Å²) >= 11 is 0. The summed E-state index contributed by atoms with van der Waals surface area (Å²) in [5.41, 5.74) is 6.37. The Bertz CT molecular complexity index is 813. The van der Waals surface area contributed by atoms with Crippen LogP contribution in [-0.2, 0) is 0 Å². The fourth-order valence-corrected chi connectivity index (χ4v) is 3.39. The number of nitrogens with zero attached hydrogens (tertiary/aromatic N) is 2. The maximum absolute atomic E-state index is 4.37. The van der Waals surface area contributed by atoms with E-state index in [4.69, 9.17) is 0 Å². The lowest BCUT2D eigenvalue weighted by Gasteiger charge is -2.41. The fourth-order valence-electron chi connectivity index (χ4n) is 3.39. The number of rotatable bonds is 6. The van der Waals surface area contributed by atoms with E-state index in [9.17, 15) is 0 Å². The normalized spacial score (nSPS) is 20.3. The molecule has 4 nitrogen and oxygen atoms in total. The van der Waals surface area contributed by atoms with Crippen molar-refractivity contribution in [2.45, 2.75) is 26.3 Å². The molecule has 2 bridgehead atoms. The van der Waals surface area contributed by atoms with E-state index in [0.29, 0.717) is 12.0 Å². The smallest absolute Gasteiger partial charge is 0.156 e. The van der Waals surface area contributed by atoms with Crippen molar-refractivity contribution in [2.75, 3.05) is 6.54 Å². The summed E-state index contributed by atoms with van der Waals surface area (Å²) in [6, 6.07) is 10.9. The van der Waals surface area contributed by atoms with Crippen LogP contribution in [0.25, 0.3) is 11.1 Å². The van der Waals surface area contributed by atoms with Gasteiger partial charge in [-0.15, -0.1) is 0 Å². The molecule has 2 aliphatic carbocycles. The molecule has 122 valence electrons. The van der Waals surface area contributed by atoms with Gasteiger partial charge in [-0.1, -0.05) is 62.8 Å². The highest BCUT2D eigenvalue weighted by molar-refractivity contribution is 6.05. The maximum atomic E-state index is 4.37. The average Bonchev–Trinajstić information content (AvgIpc) is 3.16. The predicted molar refractivity (Wildman–Crippen MR) is 97.1 cm³/mol. The molecular formula is C20H22N4. The van der Waals surface area contributed by atoms with Crippen LogP contribution in [0, 0.1) is 5.92 Å². The van der Waals surface area contributed by atoms with Gasteiger partial charge in [-0.3, -0.25) is 5.10 Å². The van der Waals surface area contributed by atoms with E-state index in [1.54, 1.807) is 6.33 Å². The molecule has 2 atom stereocenters. The monoisotopic (exact) mass is 318 g/mol. The summed E-state index contributed by atoms with van der Waals surface area (Å²) in [6.45, 7) is 5.55. The summed E-state index contributed by atoms with van der Waals surface area (Å²) in [4.78, 5) is 4.37. The van der Waals surface area contributed by atoms with E-state index in [-0.39, 0.29) is 0 Å². The fraction of sp³-hybridized carbons (Fsp3) is 0.300. The van der Waals surface area contributed by atoms with Gasteiger partial charge in [0, 0.05) is 5.57 Å². The standard InChI is InChI=1S/C20H22N4/c1-3-13(2)11-21-19-16-10-9-15(14-7-5-4-6-8-14)17(19)18(16)20-22-12-23-24-20/h4-10,12-13,19,21H,3,11H2,1-2H3,(H,22,23,24). The molecule has 4 heteroatoms. The summed E-state index contributed by atoms with van der Waals surface area (Å²) in [6.07, 6.45) is 7.21. The molecule has 0 spiro atoms. The number of H-pyrrole nitrogens is 1. The molecule has 0 saturated heterocycles. The highest BCUT2D eigenvalue weighted by Gasteiger charge is 2.40. The summed E-state index contributed by atoms with van der Waals surface area (Å²) in [7, 11) is 0. The SMILES string of the molecule is CCC(C)CNC1c2ccc(-c3ccccc3)c1c2-c1ncn[nH]1. The van der Waals surface area contributed by atoms with E-state index in [1.165, 1.54) is 34.3 Å². The lowest BCUT2D eigenvalue weighted by Crippen LogP contribution is -2.44. The zero-order valence-electron chi connectivity index (χ0n) is 14.1. The minimum Gasteiger partial charge on any atom is -0.306 e. The molecule has 0 fully saturated rings. The third-order valence-corrected chi connectivity index (χ3v) is 4.98. The third-order valence-electron chi connectivity index (χ3n) is 4.98. The minimum atomic E-state index is 0.291. The van der Waals surface area contributed by atoms with Crippen molar-refractivity contribution < 1.29 is 0 Å². The Hall–Kier alpha value is -2.46. The van der Waals surface area contributed by atoms with Crippen molar-refractivity contribution in [2.24, 2.45) is 5.92 Å². The number of hydrogen-bond donors (Lipinski definition) is 2. The molecule has 1 aromatic carbocycles. The lowest BCUT2D eigenvalue weighted by molar-refractivity contribution is 0.482. The van der Waals surface area contributed by atoms with Gasteiger partial charge in [0.05, 0.1) is 6.04 Å². The molecule has 1 aromatic heterocycles. The Morgan fingerprint density at radius 2 is 2.04 bits per heavy atom. The zero-order chi connectivity index (χ0) is 16.5. The van der Waals surface area contributed by atoms with Gasteiger partial charge in [-0.05, 0) is 34.7 Å². The van der Waals surface area contributed by atoms with Gasteiger partial charge in [0.15, 0.2) is 5.82 Å². The van der Waals surface area contributed by atoms with Crippen LogP contribution in [0.2, 0.25) is 0 Å². The van der Waals surface area contributed by atoms with Crippen molar-refractivity contribution in [1.29, 1.82) is 0 Å². The third kappa shape index (κ3) is 2.43. The van der Waals surface area contributed by atoms with Crippen LogP contribution in [-0.4, -0.2) is 27.8 Å². The maximum Gasteiger partial charge on any atom is 0.156 e. The first kappa shape index (κ1) is 15.1. The number of allylic oxidation sites excluding steroid dienone is 2. The van der Waals surface area contributed by atoms with Crippen molar-refractivity contribution >= 4 is 11.1 Å². The molecule has 2 N–H and O–H groups in total. The molecule has 0 saturated carbocycles. The molecule has 0 amide bonds. The van der Waals surface area contributed by atoms with E-state index < -0.39 is 0 Å². The van der Waals surface area contributed by atoms with Gasteiger partial charge >= 0.3 is 0 Å². The van der Waals surface area contributed by atoms with E-state index in [2.05, 4.69) is 76.8 Å². The second-order valence-corrected chi connectivity index (χ2v) is 6.55. The summed E-state index contributed by atoms with van der Waals surface area (Å²) in [5, 5.41) is 10.8.